The predicted molar refractivity (Wildman–Crippen MR) is 64.3 cm³/mol. The molecule has 3 rings (SSSR count). The van der Waals surface area contributed by atoms with E-state index in [-0.39, 0.29) is 0 Å². The normalized spacial score (nSPS) is 11.1. The van der Waals surface area contributed by atoms with Crippen molar-refractivity contribution in [2.75, 3.05) is 6.54 Å². The standard InChI is InChI=1S/C12H12N4O/c13-6-5-11-15-16-12(17-11)10-7-8-3-1-2-4-9(8)14-10/h1-4,7,14H,5-6,13H2. The number of para-hydroxylation sites is 1. The van der Waals surface area contributed by atoms with Crippen molar-refractivity contribution < 1.29 is 4.42 Å². The highest BCUT2D eigenvalue weighted by molar-refractivity contribution is 5.84. The van der Waals surface area contributed by atoms with E-state index in [2.05, 4.69) is 15.2 Å². The highest BCUT2D eigenvalue weighted by atomic mass is 16.4. The lowest BCUT2D eigenvalue weighted by atomic mass is 10.2. The van der Waals surface area contributed by atoms with Crippen LogP contribution in [0.4, 0.5) is 0 Å². The second-order valence-corrected chi connectivity index (χ2v) is 3.81. The molecular formula is C12H12N4O. The van der Waals surface area contributed by atoms with Crippen LogP contribution in [-0.2, 0) is 6.42 Å². The highest BCUT2D eigenvalue weighted by Crippen LogP contribution is 2.22. The highest BCUT2D eigenvalue weighted by Gasteiger charge is 2.10. The Hall–Kier alpha value is -2.14. The van der Waals surface area contributed by atoms with E-state index in [1.165, 1.54) is 0 Å². The molecule has 0 atom stereocenters. The van der Waals surface area contributed by atoms with Crippen LogP contribution in [0.5, 0.6) is 0 Å². The maximum Gasteiger partial charge on any atom is 0.264 e. The van der Waals surface area contributed by atoms with Crippen LogP contribution < -0.4 is 5.73 Å². The van der Waals surface area contributed by atoms with E-state index >= 15 is 0 Å². The Morgan fingerprint density at radius 3 is 2.94 bits per heavy atom. The molecule has 0 saturated carbocycles. The number of H-pyrrole nitrogens is 1. The molecule has 0 unspecified atom stereocenters. The molecule has 3 aromatic rings. The summed E-state index contributed by atoms with van der Waals surface area (Å²) < 4.78 is 5.51. The van der Waals surface area contributed by atoms with Crippen LogP contribution in [0, 0.1) is 0 Å². The van der Waals surface area contributed by atoms with Gasteiger partial charge in [-0.05, 0) is 12.1 Å². The zero-order valence-corrected chi connectivity index (χ0v) is 9.18. The maximum absolute atomic E-state index is 5.51. The number of benzene rings is 1. The van der Waals surface area contributed by atoms with Crippen molar-refractivity contribution in [2.24, 2.45) is 5.73 Å². The molecule has 5 heteroatoms. The molecule has 0 aliphatic carbocycles. The van der Waals surface area contributed by atoms with Crippen LogP contribution in [0.15, 0.2) is 34.7 Å². The van der Waals surface area contributed by atoms with E-state index in [0.717, 1.165) is 16.6 Å². The molecule has 0 amide bonds. The first-order chi connectivity index (χ1) is 8.36. The van der Waals surface area contributed by atoms with E-state index < -0.39 is 0 Å². The lowest BCUT2D eigenvalue weighted by Gasteiger charge is -1.88. The van der Waals surface area contributed by atoms with Crippen molar-refractivity contribution in [2.45, 2.75) is 6.42 Å². The monoisotopic (exact) mass is 228 g/mol. The van der Waals surface area contributed by atoms with Gasteiger partial charge in [0.25, 0.3) is 5.89 Å². The predicted octanol–water partition coefficient (Wildman–Crippen LogP) is 1.72. The Kier molecular flexibility index (Phi) is 2.38. The Labute approximate surface area is 97.7 Å². The second kappa shape index (κ2) is 4.03. The minimum atomic E-state index is 0.504. The lowest BCUT2D eigenvalue weighted by molar-refractivity contribution is 0.506. The summed E-state index contributed by atoms with van der Waals surface area (Å²) >= 11 is 0. The molecule has 0 fully saturated rings. The molecule has 17 heavy (non-hydrogen) atoms. The van der Waals surface area contributed by atoms with Crippen molar-refractivity contribution in [1.29, 1.82) is 0 Å². The van der Waals surface area contributed by atoms with Gasteiger partial charge in [-0.15, -0.1) is 10.2 Å². The number of nitrogens with zero attached hydrogens (tertiary/aromatic N) is 2. The van der Waals surface area contributed by atoms with Gasteiger partial charge >= 0.3 is 0 Å². The second-order valence-electron chi connectivity index (χ2n) is 3.81. The zero-order valence-electron chi connectivity index (χ0n) is 9.18. The van der Waals surface area contributed by atoms with Gasteiger partial charge in [0.05, 0.1) is 0 Å². The SMILES string of the molecule is NCCc1nnc(-c2cc3ccccc3[nH]2)o1. The first-order valence-corrected chi connectivity index (χ1v) is 5.47. The van der Waals surface area contributed by atoms with Gasteiger partial charge < -0.3 is 15.1 Å². The lowest BCUT2D eigenvalue weighted by Crippen LogP contribution is -2.02. The minimum Gasteiger partial charge on any atom is -0.419 e. The number of nitrogens with two attached hydrogens (primary N) is 1. The average Bonchev–Trinajstić information content (AvgIpc) is 2.94. The van der Waals surface area contributed by atoms with Crippen LogP contribution in [0.25, 0.3) is 22.5 Å². The van der Waals surface area contributed by atoms with Crippen molar-refractivity contribution in [3.63, 3.8) is 0 Å². The van der Waals surface area contributed by atoms with Gasteiger partial charge in [-0.25, -0.2) is 0 Å². The van der Waals surface area contributed by atoms with Crippen molar-refractivity contribution in [3.8, 4) is 11.6 Å². The van der Waals surface area contributed by atoms with E-state index in [0.29, 0.717) is 24.7 Å². The quantitative estimate of drug-likeness (QED) is 0.715. The first-order valence-electron chi connectivity index (χ1n) is 5.47. The van der Waals surface area contributed by atoms with Crippen LogP contribution in [0.2, 0.25) is 0 Å². The summed E-state index contributed by atoms with van der Waals surface area (Å²) in [5.74, 6) is 1.07. The first kappa shape index (κ1) is 10.0. The van der Waals surface area contributed by atoms with Gasteiger partial charge in [0.2, 0.25) is 5.89 Å². The number of hydrogen-bond donors (Lipinski definition) is 2. The van der Waals surface area contributed by atoms with Gasteiger partial charge in [-0.1, -0.05) is 18.2 Å². The third kappa shape index (κ3) is 1.81. The summed E-state index contributed by atoms with van der Waals surface area (Å²) in [4.78, 5) is 3.24. The third-order valence-electron chi connectivity index (χ3n) is 2.59. The van der Waals surface area contributed by atoms with E-state index in [1.807, 2.05) is 30.3 Å². The molecule has 0 spiro atoms. The van der Waals surface area contributed by atoms with Crippen LogP contribution >= 0.6 is 0 Å². The van der Waals surface area contributed by atoms with E-state index in [9.17, 15) is 0 Å². The van der Waals surface area contributed by atoms with Gasteiger partial charge in [0, 0.05) is 23.9 Å². The number of fused-ring (bicyclic) bond motifs is 1. The third-order valence-corrected chi connectivity index (χ3v) is 2.59. The molecule has 0 aliphatic heterocycles. The fraction of sp³-hybridized carbons (Fsp3) is 0.167. The fourth-order valence-electron chi connectivity index (χ4n) is 1.78. The van der Waals surface area contributed by atoms with Crippen molar-refractivity contribution >= 4 is 10.9 Å². The Balaban J connectivity index is 2.01. The van der Waals surface area contributed by atoms with Crippen LogP contribution in [0.3, 0.4) is 0 Å². The summed E-state index contributed by atoms with van der Waals surface area (Å²) in [5, 5.41) is 9.06. The summed E-state index contributed by atoms with van der Waals surface area (Å²) in [7, 11) is 0. The fourth-order valence-corrected chi connectivity index (χ4v) is 1.78. The average molecular weight is 228 g/mol. The van der Waals surface area contributed by atoms with Crippen LogP contribution in [-0.4, -0.2) is 21.7 Å². The van der Waals surface area contributed by atoms with Gasteiger partial charge in [0.15, 0.2) is 0 Å². The summed E-state index contributed by atoms with van der Waals surface area (Å²) in [6.07, 6.45) is 0.604. The number of nitrogens with one attached hydrogen (secondary N) is 1. The largest absolute Gasteiger partial charge is 0.419 e. The molecule has 3 N–H and O–H groups in total. The van der Waals surface area contributed by atoms with Crippen molar-refractivity contribution in [1.82, 2.24) is 15.2 Å². The molecule has 1 aromatic carbocycles. The summed E-state index contributed by atoms with van der Waals surface area (Å²) in [5.41, 5.74) is 7.33. The molecule has 0 radical (unpaired) electrons. The minimum absolute atomic E-state index is 0.504. The molecule has 2 aromatic heterocycles. The Morgan fingerprint density at radius 2 is 2.12 bits per heavy atom. The molecule has 0 aliphatic rings. The Bertz CT molecular complexity index is 608. The molecule has 0 saturated heterocycles. The molecule has 5 nitrogen and oxygen atoms in total. The van der Waals surface area contributed by atoms with Gasteiger partial charge in [-0.3, -0.25) is 0 Å². The maximum atomic E-state index is 5.51. The number of hydrogen-bond acceptors (Lipinski definition) is 4. The Morgan fingerprint density at radius 1 is 1.24 bits per heavy atom. The molecule has 2 heterocycles. The van der Waals surface area contributed by atoms with E-state index in [4.69, 9.17) is 10.2 Å². The van der Waals surface area contributed by atoms with E-state index in [1.54, 1.807) is 0 Å². The zero-order chi connectivity index (χ0) is 11.7. The smallest absolute Gasteiger partial charge is 0.264 e. The number of aromatic nitrogens is 3. The molecule has 86 valence electrons. The molecule has 0 bridgehead atoms. The van der Waals surface area contributed by atoms with Gasteiger partial charge in [-0.2, -0.15) is 0 Å². The van der Waals surface area contributed by atoms with Gasteiger partial charge in [0.1, 0.15) is 5.69 Å². The topological polar surface area (TPSA) is 80.7 Å². The summed E-state index contributed by atoms with van der Waals surface area (Å²) in [6, 6.07) is 10.0. The number of aromatic amines is 1. The van der Waals surface area contributed by atoms with Crippen LogP contribution in [0.1, 0.15) is 5.89 Å². The number of rotatable bonds is 3. The summed E-state index contributed by atoms with van der Waals surface area (Å²) in [6.45, 7) is 0.508. The van der Waals surface area contributed by atoms with Crippen molar-refractivity contribution in [3.05, 3.63) is 36.2 Å². The molecular weight excluding hydrogens is 216 g/mol.